The molecule has 2 N–H and O–H groups in total. The van der Waals surface area contributed by atoms with Crippen molar-refractivity contribution in [3.05, 3.63) is 0 Å². The molecule has 0 atom stereocenters. The summed E-state index contributed by atoms with van der Waals surface area (Å²) < 4.78 is 29.8. The molecule has 0 heterocycles. The van der Waals surface area contributed by atoms with Crippen LogP contribution in [0.1, 0.15) is 46.5 Å². The van der Waals surface area contributed by atoms with Gasteiger partial charge in [0.1, 0.15) is 0 Å². The highest BCUT2D eigenvalue weighted by molar-refractivity contribution is 7.85. The quantitative estimate of drug-likeness (QED) is 0.746. The van der Waals surface area contributed by atoms with Gasteiger partial charge in [-0.3, -0.25) is 4.55 Å². The number of nitrogens with one attached hydrogen (secondary N) is 1. The van der Waals surface area contributed by atoms with Crippen LogP contribution < -0.4 is 5.32 Å². The standard InChI is InChI=1S/C11H23NO3S/c1-10(2)4-6-11(3,7-5-10)12-8-9-16(13,14)15/h12H,4-9H2,1-3H3,(H,13,14,15). The van der Waals surface area contributed by atoms with Crippen LogP contribution in [0.5, 0.6) is 0 Å². The summed E-state index contributed by atoms with van der Waals surface area (Å²) in [5, 5.41) is 3.25. The first kappa shape index (κ1) is 13.9. The fourth-order valence-corrected chi connectivity index (χ4v) is 2.50. The molecular formula is C11H23NO3S. The van der Waals surface area contributed by atoms with Crippen LogP contribution in [0.3, 0.4) is 0 Å². The Kier molecular flexibility index (Phi) is 4.03. The van der Waals surface area contributed by atoms with Crippen LogP contribution in [0.4, 0.5) is 0 Å². The molecule has 1 rings (SSSR count). The minimum atomic E-state index is -3.84. The Morgan fingerprint density at radius 2 is 1.62 bits per heavy atom. The predicted octanol–water partition coefficient (Wildman–Crippen LogP) is 1.82. The summed E-state index contributed by atoms with van der Waals surface area (Å²) in [6, 6.07) is 0. The predicted molar refractivity (Wildman–Crippen MR) is 65.1 cm³/mol. The van der Waals surface area contributed by atoms with Crippen LogP contribution in [0.25, 0.3) is 0 Å². The lowest BCUT2D eigenvalue weighted by atomic mass is 9.70. The fraction of sp³-hybridized carbons (Fsp3) is 1.00. The first-order valence-corrected chi connectivity index (χ1v) is 7.43. The average Bonchev–Trinajstić information content (AvgIpc) is 2.09. The minimum Gasteiger partial charge on any atom is -0.310 e. The van der Waals surface area contributed by atoms with Gasteiger partial charge in [-0.2, -0.15) is 8.42 Å². The van der Waals surface area contributed by atoms with Crippen LogP contribution in [-0.2, 0) is 10.1 Å². The van der Waals surface area contributed by atoms with E-state index in [0.717, 1.165) is 25.7 Å². The maximum atomic E-state index is 10.6. The second-order valence-corrected chi connectivity index (χ2v) is 7.51. The summed E-state index contributed by atoms with van der Waals surface area (Å²) in [5.74, 6) is -0.202. The normalized spacial score (nSPS) is 24.2. The Labute approximate surface area is 98.6 Å². The zero-order valence-electron chi connectivity index (χ0n) is 10.4. The van der Waals surface area contributed by atoms with E-state index in [9.17, 15) is 8.42 Å². The molecule has 16 heavy (non-hydrogen) atoms. The van der Waals surface area contributed by atoms with E-state index in [0.29, 0.717) is 12.0 Å². The summed E-state index contributed by atoms with van der Waals surface area (Å²) >= 11 is 0. The third kappa shape index (κ3) is 4.80. The van der Waals surface area contributed by atoms with Crippen LogP contribution in [0, 0.1) is 5.41 Å². The van der Waals surface area contributed by atoms with E-state index in [1.807, 2.05) is 0 Å². The molecule has 1 aliphatic rings. The number of rotatable bonds is 4. The van der Waals surface area contributed by atoms with Crippen LogP contribution in [-0.4, -0.2) is 30.8 Å². The zero-order valence-corrected chi connectivity index (χ0v) is 11.2. The highest BCUT2D eigenvalue weighted by Gasteiger charge is 2.34. The molecule has 0 unspecified atom stereocenters. The Hall–Kier alpha value is -0.130. The second-order valence-electron chi connectivity index (χ2n) is 5.94. The molecule has 1 saturated carbocycles. The molecule has 0 aromatic carbocycles. The number of hydrogen-bond acceptors (Lipinski definition) is 3. The van der Waals surface area contributed by atoms with E-state index in [-0.39, 0.29) is 11.3 Å². The molecule has 5 heteroatoms. The van der Waals surface area contributed by atoms with Gasteiger partial charge in [-0.15, -0.1) is 0 Å². The van der Waals surface area contributed by atoms with Gasteiger partial charge in [-0.1, -0.05) is 13.8 Å². The molecule has 1 fully saturated rings. The summed E-state index contributed by atoms with van der Waals surface area (Å²) in [6.45, 7) is 7.00. The van der Waals surface area contributed by atoms with Gasteiger partial charge in [0.15, 0.2) is 0 Å². The van der Waals surface area contributed by atoms with Crippen molar-refractivity contribution in [3.63, 3.8) is 0 Å². The van der Waals surface area contributed by atoms with Gasteiger partial charge in [0.25, 0.3) is 10.1 Å². The van der Waals surface area contributed by atoms with Gasteiger partial charge in [0.05, 0.1) is 5.75 Å². The highest BCUT2D eigenvalue weighted by atomic mass is 32.2. The molecule has 0 saturated heterocycles. The summed E-state index contributed by atoms with van der Waals surface area (Å²) in [6.07, 6.45) is 4.43. The maximum Gasteiger partial charge on any atom is 0.266 e. The molecule has 0 amide bonds. The first-order valence-electron chi connectivity index (χ1n) is 5.82. The topological polar surface area (TPSA) is 66.4 Å². The van der Waals surface area contributed by atoms with E-state index in [1.165, 1.54) is 0 Å². The second kappa shape index (κ2) is 4.63. The zero-order chi connectivity index (χ0) is 12.4. The molecule has 0 aliphatic heterocycles. The molecule has 96 valence electrons. The van der Waals surface area contributed by atoms with Gasteiger partial charge in [-0.05, 0) is 38.0 Å². The maximum absolute atomic E-state index is 10.6. The van der Waals surface area contributed by atoms with E-state index in [1.54, 1.807) is 0 Å². The average molecular weight is 249 g/mol. The first-order chi connectivity index (χ1) is 7.12. The molecule has 0 aromatic rings. The van der Waals surface area contributed by atoms with E-state index in [4.69, 9.17) is 4.55 Å². The van der Waals surface area contributed by atoms with Crippen molar-refractivity contribution >= 4 is 10.1 Å². The van der Waals surface area contributed by atoms with Gasteiger partial charge in [0.2, 0.25) is 0 Å². The SMILES string of the molecule is CC1(C)CCC(C)(NCCS(=O)(=O)O)CC1. The smallest absolute Gasteiger partial charge is 0.266 e. The van der Waals surface area contributed by atoms with Gasteiger partial charge >= 0.3 is 0 Å². The highest BCUT2D eigenvalue weighted by Crippen LogP contribution is 2.39. The van der Waals surface area contributed by atoms with Crippen molar-refractivity contribution in [1.82, 2.24) is 5.32 Å². The lowest BCUT2D eigenvalue weighted by molar-refractivity contribution is 0.149. The molecule has 0 bridgehead atoms. The van der Waals surface area contributed by atoms with E-state index in [2.05, 4.69) is 26.1 Å². The van der Waals surface area contributed by atoms with Crippen molar-refractivity contribution in [3.8, 4) is 0 Å². The third-order valence-electron chi connectivity index (χ3n) is 3.62. The van der Waals surface area contributed by atoms with Crippen molar-refractivity contribution in [2.75, 3.05) is 12.3 Å². The lowest BCUT2D eigenvalue weighted by Crippen LogP contribution is -2.48. The number of hydrogen-bond donors (Lipinski definition) is 2. The third-order valence-corrected chi connectivity index (χ3v) is 4.34. The van der Waals surface area contributed by atoms with Gasteiger partial charge in [-0.25, -0.2) is 0 Å². The van der Waals surface area contributed by atoms with E-state index >= 15 is 0 Å². The van der Waals surface area contributed by atoms with Crippen molar-refractivity contribution in [1.29, 1.82) is 0 Å². The van der Waals surface area contributed by atoms with Crippen LogP contribution in [0.2, 0.25) is 0 Å². The molecule has 0 spiro atoms. The minimum absolute atomic E-state index is 0.0280. The summed E-state index contributed by atoms with van der Waals surface area (Å²) in [5.41, 5.74) is 0.435. The summed E-state index contributed by atoms with van der Waals surface area (Å²) in [7, 11) is -3.84. The monoisotopic (exact) mass is 249 g/mol. The van der Waals surface area contributed by atoms with Crippen molar-refractivity contribution in [2.24, 2.45) is 5.41 Å². The molecule has 0 aromatic heterocycles. The van der Waals surface area contributed by atoms with Crippen molar-refractivity contribution in [2.45, 2.75) is 52.0 Å². The van der Waals surface area contributed by atoms with Gasteiger partial charge < -0.3 is 5.32 Å². The fourth-order valence-electron chi connectivity index (χ4n) is 2.14. The van der Waals surface area contributed by atoms with E-state index < -0.39 is 10.1 Å². The molecule has 1 aliphatic carbocycles. The Morgan fingerprint density at radius 1 is 1.12 bits per heavy atom. The molecule has 0 radical (unpaired) electrons. The largest absolute Gasteiger partial charge is 0.310 e. The molecule has 4 nitrogen and oxygen atoms in total. The summed E-state index contributed by atoms with van der Waals surface area (Å²) in [4.78, 5) is 0. The Morgan fingerprint density at radius 3 is 2.06 bits per heavy atom. The lowest BCUT2D eigenvalue weighted by Gasteiger charge is -2.42. The Bertz CT molecular complexity index is 325. The van der Waals surface area contributed by atoms with Crippen molar-refractivity contribution < 1.29 is 13.0 Å². The van der Waals surface area contributed by atoms with Crippen LogP contribution in [0.15, 0.2) is 0 Å². The Balaban J connectivity index is 2.37. The van der Waals surface area contributed by atoms with Crippen LogP contribution >= 0.6 is 0 Å². The molecular weight excluding hydrogens is 226 g/mol. The van der Waals surface area contributed by atoms with Gasteiger partial charge in [0, 0.05) is 12.1 Å².